The summed E-state index contributed by atoms with van der Waals surface area (Å²) >= 11 is 3.20. The van der Waals surface area contributed by atoms with Gasteiger partial charge in [-0.2, -0.15) is 0 Å². The van der Waals surface area contributed by atoms with Gasteiger partial charge in [-0.1, -0.05) is 0 Å². The van der Waals surface area contributed by atoms with Crippen LogP contribution < -0.4 is 11.4 Å². The number of aliphatic hydroxyl groups is 3. The molecule has 3 rings (SSSR count). The zero-order valence-electron chi connectivity index (χ0n) is 11.5. The van der Waals surface area contributed by atoms with Gasteiger partial charge in [0.15, 0.2) is 6.23 Å². The second-order valence-electron chi connectivity index (χ2n) is 5.08. The van der Waals surface area contributed by atoms with Gasteiger partial charge in [0.1, 0.15) is 28.6 Å². The highest BCUT2D eigenvalue weighted by Gasteiger charge is 2.45. The van der Waals surface area contributed by atoms with Gasteiger partial charge in [-0.15, -0.1) is 0 Å². The number of H-pyrrole nitrogens is 1. The van der Waals surface area contributed by atoms with Crippen molar-refractivity contribution in [3.05, 3.63) is 26.8 Å². The number of hydrogen-bond donors (Lipinski definition) is 5. The van der Waals surface area contributed by atoms with Gasteiger partial charge in [0.25, 0.3) is 5.91 Å². The molecule has 1 aliphatic rings. The van der Waals surface area contributed by atoms with Crippen LogP contribution in [0.4, 0.5) is 0 Å². The van der Waals surface area contributed by atoms with Crippen LogP contribution in [0.2, 0.25) is 0 Å². The molecule has 0 radical (unpaired) electrons. The lowest BCUT2D eigenvalue weighted by atomic mass is 10.1. The Morgan fingerprint density at radius 2 is 2.17 bits per heavy atom. The Hall–Kier alpha value is -1.79. The van der Waals surface area contributed by atoms with Crippen LogP contribution in [0.3, 0.4) is 0 Å². The van der Waals surface area contributed by atoms with Gasteiger partial charge in [-0.05, 0) is 15.9 Å². The van der Waals surface area contributed by atoms with Crippen LogP contribution in [0.15, 0.2) is 15.6 Å². The lowest BCUT2D eigenvalue weighted by molar-refractivity contribution is -0.0518. The minimum atomic E-state index is -1.39. The second kappa shape index (κ2) is 5.69. The van der Waals surface area contributed by atoms with E-state index in [1.165, 1.54) is 10.8 Å². The van der Waals surface area contributed by atoms with Gasteiger partial charge in [-0.3, -0.25) is 14.3 Å². The van der Waals surface area contributed by atoms with E-state index in [-0.39, 0.29) is 21.2 Å². The Balaban J connectivity index is 2.25. The van der Waals surface area contributed by atoms with Gasteiger partial charge in [-0.25, -0.2) is 9.78 Å². The number of halogens is 1. The molecule has 4 atom stereocenters. The van der Waals surface area contributed by atoms with Crippen LogP contribution >= 0.6 is 15.9 Å². The molecule has 23 heavy (non-hydrogen) atoms. The van der Waals surface area contributed by atoms with Crippen LogP contribution in [0.5, 0.6) is 0 Å². The van der Waals surface area contributed by atoms with Gasteiger partial charge in [0.2, 0.25) is 0 Å². The normalized spacial score (nSPS) is 27.7. The summed E-state index contributed by atoms with van der Waals surface area (Å²) in [7, 11) is 0. The molecule has 3 heterocycles. The average molecular weight is 389 g/mol. The lowest BCUT2D eigenvalue weighted by Gasteiger charge is -2.18. The average Bonchev–Trinajstić information content (AvgIpc) is 2.93. The molecule has 0 unspecified atom stereocenters. The molecule has 0 saturated carbocycles. The van der Waals surface area contributed by atoms with E-state index in [0.717, 1.165) is 0 Å². The van der Waals surface area contributed by atoms with Crippen molar-refractivity contribution in [3.63, 3.8) is 0 Å². The number of aliphatic hydroxyl groups excluding tert-OH is 3. The molecule has 2 aromatic heterocycles. The number of ether oxygens (including phenoxy) is 1. The Morgan fingerprint density at radius 3 is 2.74 bits per heavy atom. The minimum absolute atomic E-state index is 0.0430. The van der Waals surface area contributed by atoms with Crippen molar-refractivity contribution in [1.29, 1.82) is 0 Å². The number of aromatic amines is 1. The zero-order valence-corrected chi connectivity index (χ0v) is 13.1. The number of carbonyl (C=O) groups excluding carboxylic acids is 1. The number of aromatic nitrogens is 3. The Kier molecular flexibility index (Phi) is 3.98. The summed E-state index contributed by atoms with van der Waals surface area (Å²) in [6, 6.07) is 0. The molecular weight excluding hydrogens is 376 g/mol. The first-order valence-corrected chi connectivity index (χ1v) is 7.37. The molecule has 1 fully saturated rings. The predicted molar refractivity (Wildman–Crippen MR) is 79.6 cm³/mol. The van der Waals surface area contributed by atoms with E-state index in [9.17, 15) is 24.9 Å². The molecule has 6 N–H and O–H groups in total. The fourth-order valence-electron chi connectivity index (χ4n) is 2.65. The predicted octanol–water partition coefficient (Wildman–Crippen LogP) is -1.80. The quantitative estimate of drug-likeness (QED) is 0.413. The number of nitrogens with one attached hydrogen (secondary N) is 1. The molecular formula is C12H13BrN4O6. The molecule has 11 heteroatoms. The standard InChI is InChI=1S/C12H13BrN4O6/c13-8-5(9(14)21)3-1-15-12(22)16-10(3)17(8)11-7(20)6(19)4(2-18)23-11/h1,4,6-7,11,18-20H,2H2,(H2,14,21)(H,15,16,22)/t4-,6-,7+,11+/m0/s1. The molecule has 1 aliphatic heterocycles. The highest BCUT2D eigenvalue weighted by atomic mass is 79.9. The molecule has 1 saturated heterocycles. The summed E-state index contributed by atoms with van der Waals surface area (Å²) in [5, 5.41) is 29.5. The number of nitrogens with zero attached hydrogens (tertiary/aromatic N) is 2. The van der Waals surface area contributed by atoms with Crippen molar-refractivity contribution in [1.82, 2.24) is 14.5 Å². The molecule has 0 spiro atoms. The number of nitrogens with two attached hydrogens (primary N) is 1. The summed E-state index contributed by atoms with van der Waals surface area (Å²) in [6.45, 7) is -0.508. The molecule has 1 amide bonds. The summed E-state index contributed by atoms with van der Waals surface area (Å²) in [6.07, 6.45) is -3.71. The summed E-state index contributed by atoms with van der Waals surface area (Å²) in [5.74, 6) is -0.777. The fourth-order valence-corrected chi connectivity index (χ4v) is 3.44. The van der Waals surface area contributed by atoms with Crippen LogP contribution in [-0.2, 0) is 4.74 Å². The van der Waals surface area contributed by atoms with Gasteiger partial charge in [0, 0.05) is 11.6 Å². The maximum absolute atomic E-state index is 11.7. The first kappa shape index (κ1) is 16.1. The maximum atomic E-state index is 11.7. The van der Waals surface area contributed by atoms with E-state index in [2.05, 4.69) is 25.9 Å². The van der Waals surface area contributed by atoms with E-state index in [1.54, 1.807) is 0 Å². The summed E-state index contributed by atoms with van der Waals surface area (Å²) < 4.78 is 6.86. The largest absolute Gasteiger partial charge is 0.394 e. The summed E-state index contributed by atoms with van der Waals surface area (Å²) in [4.78, 5) is 29.2. The van der Waals surface area contributed by atoms with Crippen molar-refractivity contribution in [2.24, 2.45) is 5.73 Å². The van der Waals surface area contributed by atoms with Crippen molar-refractivity contribution in [2.75, 3.05) is 6.61 Å². The highest BCUT2D eigenvalue weighted by molar-refractivity contribution is 9.10. The number of fused-ring (bicyclic) bond motifs is 1. The second-order valence-corrected chi connectivity index (χ2v) is 5.83. The monoisotopic (exact) mass is 388 g/mol. The summed E-state index contributed by atoms with van der Waals surface area (Å²) in [5.41, 5.74) is 4.86. The van der Waals surface area contributed by atoms with Gasteiger partial charge < -0.3 is 25.8 Å². The van der Waals surface area contributed by atoms with Crippen LogP contribution in [0.1, 0.15) is 16.6 Å². The third-order valence-corrected chi connectivity index (χ3v) is 4.52. The van der Waals surface area contributed by atoms with E-state index < -0.39 is 42.7 Å². The fraction of sp³-hybridized carbons (Fsp3) is 0.417. The van der Waals surface area contributed by atoms with E-state index in [4.69, 9.17) is 10.5 Å². The highest BCUT2D eigenvalue weighted by Crippen LogP contribution is 2.37. The van der Waals surface area contributed by atoms with Crippen LogP contribution in [0.25, 0.3) is 11.0 Å². The van der Waals surface area contributed by atoms with E-state index in [1.807, 2.05) is 0 Å². The molecule has 0 aromatic carbocycles. The Labute approximate surface area is 136 Å². The van der Waals surface area contributed by atoms with Crippen LogP contribution in [0, 0.1) is 0 Å². The van der Waals surface area contributed by atoms with Gasteiger partial charge in [0.05, 0.1) is 12.2 Å². The topological polar surface area (TPSA) is 164 Å². The van der Waals surface area contributed by atoms with Crippen molar-refractivity contribution in [2.45, 2.75) is 24.5 Å². The zero-order chi connectivity index (χ0) is 16.9. The number of primary amides is 1. The molecule has 10 nitrogen and oxygen atoms in total. The Morgan fingerprint density at radius 1 is 1.48 bits per heavy atom. The Bertz CT molecular complexity index is 833. The molecule has 0 bridgehead atoms. The number of rotatable bonds is 3. The maximum Gasteiger partial charge on any atom is 0.346 e. The first-order chi connectivity index (χ1) is 10.9. The minimum Gasteiger partial charge on any atom is -0.394 e. The lowest BCUT2D eigenvalue weighted by Crippen LogP contribution is -2.33. The van der Waals surface area contributed by atoms with Crippen LogP contribution in [-0.4, -0.2) is 60.7 Å². The van der Waals surface area contributed by atoms with E-state index in [0.29, 0.717) is 0 Å². The van der Waals surface area contributed by atoms with Crippen molar-refractivity contribution in [3.8, 4) is 0 Å². The number of hydrogen-bond acceptors (Lipinski definition) is 7. The van der Waals surface area contributed by atoms with E-state index >= 15 is 0 Å². The number of carbonyl (C=O) groups is 1. The molecule has 124 valence electrons. The number of amides is 1. The smallest absolute Gasteiger partial charge is 0.346 e. The third kappa shape index (κ3) is 2.37. The molecule has 2 aromatic rings. The molecule has 0 aliphatic carbocycles. The van der Waals surface area contributed by atoms with Gasteiger partial charge >= 0.3 is 5.69 Å². The third-order valence-electron chi connectivity index (χ3n) is 3.74. The van der Waals surface area contributed by atoms with Crippen molar-refractivity contribution >= 4 is 32.9 Å². The van der Waals surface area contributed by atoms with Crippen molar-refractivity contribution < 1.29 is 24.9 Å². The first-order valence-electron chi connectivity index (χ1n) is 6.57. The SMILES string of the molecule is NC(=O)c1c(Br)n([C@@H]2O[C@@H](CO)[C@H](O)[C@H]2O)c2[nH]c(=O)ncc12.